The molecule has 0 radical (unpaired) electrons. The van der Waals surface area contributed by atoms with Crippen LogP contribution in [0.15, 0.2) is 77.7 Å². The van der Waals surface area contributed by atoms with Crippen molar-refractivity contribution in [2.45, 2.75) is 51.6 Å². The standard InChI is InChI=1S/C29H35N3O4S/c1-6-26(29(34)30-5)31(19-24-10-8-7-9-11-24)28(33)20-32(27-18-22(3)12-15-23(27)4)37(35,36)25-16-13-21(2)14-17-25/h7-18,26H,6,19-20H2,1-5H3,(H,30,34)/t26-/m0/s1. The fourth-order valence-corrected chi connectivity index (χ4v) is 5.68. The number of rotatable bonds is 10. The molecule has 0 spiro atoms. The van der Waals surface area contributed by atoms with Gasteiger partial charge in [0.15, 0.2) is 0 Å². The van der Waals surface area contributed by atoms with Crippen molar-refractivity contribution in [3.63, 3.8) is 0 Å². The number of aryl methyl sites for hydroxylation is 3. The first-order valence-corrected chi connectivity index (χ1v) is 13.7. The van der Waals surface area contributed by atoms with Crippen molar-refractivity contribution in [2.24, 2.45) is 0 Å². The van der Waals surface area contributed by atoms with Crippen molar-refractivity contribution >= 4 is 27.5 Å². The largest absolute Gasteiger partial charge is 0.357 e. The molecule has 2 amide bonds. The predicted octanol–water partition coefficient (Wildman–Crippen LogP) is 4.36. The molecule has 37 heavy (non-hydrogen) atoms. The second-order valence-electron chi connectivity index (χ2n) is 9.16. The highest BCUT2D eigenvalue weighted by Gasteiger charge is 2.33. The molecule has 3 aromatic carbocycles. The lowest BCUT2D eigenvalue weighted by Crippen LogP contribution is -2.51. The van der Waals surface area contributed by atoms with Crippen LogP contribution < -0.4 is 9.62 Å². The molecular formula is C29H35N3O4S. The second kappa shape index (κ2) is 12.1. The molecule has 8 heteroatoms. The second-order valence-corrected chi connectivity index (χ2v) is 11.0. The maximum Gasteiger partial charge on any atom is 0.264 e. The van der Waals surface area contributed by atoms with Crippen LogP contribution in [0, 0.1) is 20.8 Å². The van der Waals surface area contributed by atoms with Gasteiger partial charge in [0.2, 0.25) is 11.8 Å². The average molecular weight is 522 g/mol. The van der Waals surface area contributed by atoms with Crippen molar-refractivity contribution in [3.8, 4) is 0 Å². The molecule has 0 unspecified atom stereocenters. The van der Waals surface area contributed by atoms with Gasteiger partial charge in [-0.15, -0.1) is 0 Å². The summed E-state index contributed by atoms with van der Waals surface area (Å²) in [6.45, 7) is 7.14. The van der Waals surface area contributed by atoms with Gasteiger partial charge in [0, 0.05) is 13.6 Å². The highest BCUT2D eigenvalue weighted by molar-refractivity contribution is 7.92. The Hall–Kier alpha value is -3.65. The van der Waals surface area contributed by atoms with Crippen LogP contribution in [-0.2, 0) is 26.2 Å². The number of benzene rings is 3. The molecule has 3 rings (SSSR count). The summed E-state index contributed by atoms with van der Waals surface area (Å²) in [5, 5.41) is 2.64. The zero-order chi connectivity index (χ0) is 27.2. The van der Waals surface area contributed by atoms with E-state index in [9.17, 15) is 18.0 Å². The molecule has 0 aliphatic heterocycles. The van der Waals surface area contributed by atoms with Gasteiger partial charge in [-0.1, -0.05) is 67.1 Å². The number of nitrogens with zero attached hydrogens (tertiary/aromatic N) is 2. The number of anilines is 1. The van der Waals surface area contributed by atoms with Crippen LogP contribution in [0.2, 0.25) is 0 Å². The third-order valence-corrected chi connectivity index (χ3v) is 8.12. The molecule has 7 nitrogen and oxygen atoms in total. The van der Waals surface area contributed by atoms with Crippen LogP contribution >= 0.6 is 0 Å². The van der Waals surface area contributed by atoms with Crippen molar-refractivity contribution in [3.05, 3.63) is 95.1 Å². The highest BCUT2D eigenvalue weighted by Crippen LogP contribution is 2.29. The Balaban J connectivity index is 2.10. The normalized spacial score (nSPS) is 12.0. The molecule has 1 atom stereocenters. The zero-order valence-electron chi connectivity index (χ0n) is 22.1. The van der Waals surface area contributed by atoms with E-state index < -0.39 is 28.5 Å². The number of sulfonamides is 1. The predicted molar refractivity (Wildman–Crippen MR) is 147 cm³/mol. The van der Waals surface area contributed by atoms with Crippen molar-refractivity contribution in [2.75, 3.05) is 17.9 Å². The van der Waals surface area contributed by atoms with Crippen LogP contribution in [0.4, 0.5) is 5.69 Å². The van der Waals surface area contributed by atoms with Crippen molar-refractivity contribution < 1.29 is 18.0 Å². The summed E-state index contributed by atoms with van der Waals surface area (Å²) in [6, 6.07) is 20.7. The molecule has 196 valence electrons. The van der Waals surface area contributed by atoms with E-state index in [1.807, 2.05) is 70.2 Å². The first kappa shape index (κ1) is 27.9. The Morgan fingerprint density at radius 2 is 1.51 bits per heavy atom. The van der Waals surface area contributed by atoms with E-state index in [1.54, 1.807) is 30.3 Å². The Bertz CT molecular complexity index is 1340. The molecule has 3 aromatic rings. The first-order valence-electron chi connectivity index (χ1n) is 12.3. The minimum atomic E-state index is -4.08. The molecule has 0 aliphatic carbocycles. The fourth-order valence-electron chi connectivity index (χ4n) is 4.21. The van der Waals surface area contributed by atoms with E-state index in [4.69, 9.17) is 0 Å². The van der Waals surface area contributed by atoms with E-state index >= 15 is 0 Å². The summed E-state index contributed by atoms with van der Waals surface area (Å²) in [5.41, 5.74) is 3.80. The van der Waals surface area contributed by atoms with Gasteiger partial charge in [-0.25, -0.2) is 8.42 Å². The Morgan fingerprint density at radius 1 is 0.892 bits per heavy atom. The van der Waals surface area contributed by atoms with Gasteiger partial charge >= 0.3 is 0 Å². The molecule has 0 fully saturated rings. The summed E-state index contributed by atoms with van der Waals surface area (Å²) in [4.78, 5) is 28.2. The number of carbonyl (C=O) groups excluding carboxylic acids is 2. The van der Waals surface area contributed by atoms with Crippen molar-refractivity contribution in [1.82, 2.24) is 10.2 Å². The highest BCUT2D eigenvalue weighted by atomic mass is 32.2. The molecular weight excluding hydrogens is 486 g/mol. The molecule has 0 heterocycles. The van der Waals surface area contributed by atoms with E-state index in [2.05, 4.69) is 5.32 Å². The molecule has 0 saturated heterocycles. The Labute approximate surface area is 220 Å². The summed E-state index contributed by atoms with van der Waals surface area (Å²) >= 11 is 0. The zero-order valence-corrected chi connectivity index (χ0v) is 22.9. The van der Waals surface area contributed by atoms with Gasteiger partial charge < -0.3 is 10.2 Å². The molecule has 0 bridgehead atoms. The van der Waals surface area contributed by atoms with Crippen LogP contribution in [0.1, 0.15) is 35.6 Å². The summed E-state index contributed by atoms with van der Waals surface area (Å²) < 4.78 is 29.0. The van der Waals surface area contributed by atoms with Crippen LogP contribution in [0.5, 0.6) is 0 Å². The van der Waals surface area contributed by atoms with Gasteiger partial charge in [0.05, 0.1) is 10.6 Å². The lowest BCUT2D eigenvalue weighted by molar-refractivity contribution is -0.140. The van der Waals surface area contributed by atoms with Crippen LogP contribution in [-0.4, -0.2) is 44.8 Å². The smallest absolute Gasteiger partial charge is 0.264 e. The minimum Gasteiger partial charge on any atom is -0.357 e. The van der Waals surface area contributed by atoms with E-state index in [-0.39, 0.29) is 17.3 Å². The number of hydrogen-bond acceptors (Lipinski definition) is 4. The number of hydrogen-bond donors (Lipinski definition) is 1. The lowest BCUT2D eigenvalue weighted by atomic mass is 10.1. The molecule has 0 saturated carbocycles. The first-order chi connectivity index (χ1) is 17.6. The monoisotopic (exact) mass is 521 g/mol. The average Bonchev–Trinajstić information content (AvgIpc) is 2.89. The van der Waals surface area contributed by atoms with Gasteiger partial charge in [0.25, 0.3) is 10.0 Å². The van der Waals surface area contributed by atoms with Gasteiger partial charge in [-0.3, -0.25) is 13.9 Å². The van der Waals surface area contributed by atoms with Gasteiger partial charge in [-0.05, 0) is 62.1 Å². The molecule has 0 aromatic heterocycles. The fraction of sp³-hybridized carbons (Fsp3) is 0.310. The molecule has 1 N–H and O–H groups in total. The number of nitrogens with one attached hydrogen (secondary N) is 1. The Kier molecular flexibility index (Phi) is 9.10. The lowest BCUT2D eigenvalue weighted by Gasteiger charge is -2.33. The molecule has 0 aliphatic rings. The maximum absolute atomic E-state index is 13.9. The quantitative estimate of drug-likeness (QED) is 0.430. The Morgan fingerprint density at radius 3 is 2.11 bits per heavy atom. The summed E-state index contributed by atoms with van der Waals surface area (Å²) in [6.07, 6.45) is 0.381. The van der Waals surface area contributed by atoms with E-state index in [0.29, 0.717) is 12.1 Å². The van der Waals surface area contributed by atoms with E-state index in [0.717, 1.165) is 26.6 Å². The number of amides is 2. The summed E-state index contributed by atoms with van der Waals surface area (Å²) in [5.74, 6) is -0.762. The maximum atomic E-state index is 13.9. The SMILES string of the molecule is CC[C@@H](C(=O)NC)N(Cc1ccccc1)C(=O)CN(c1cc(C)ccc1C)S(=O)(=O)c1ccc(C)cc1. The third kappa shape index (κ3) is 6.57. The van der Waals surface area contributed by atoms with Gasteiger partial charge in [0.1, 0.15) is 12.6 Å². The minimum absolute atomic E-state index is 0.0970. The van der Waals surface area contributed by atoms with Gasteiger partial charge in [-0.2, -0.15) is 0 Å². The van der Waals surface area contributed by atoms with E-state index in [1.165, 1.54) is 11.9 Å². The summed E-state index contributed by atoms with van der Waals surface area (Å²) in [7, 11) is -2.56. The van der Waals surface area contributed by atoms with Crippen LogP contribution in [0.3, 0.4) is 0 Å². The topological polar surface area (TPSA) is 86.8 Å². The third-order valence-electron chi connectivity index (χ3n) is 6.35. The van der Waals surface area contributed by atoms with Crippen LogP contribution in [0.25, 0.3) is 0 Å². The number of carbonyl (C=O) groups is 2. The number of likely N-dealkylation sites (N-methyl/N-ethyl adjacent to an activating group) is 1. The van der Waals surface area contributed by atoms with Crippen molar-refractivity contribution in [1.29, 1.82) is 0 Å².